The predicted molar refractivity (Wildman–Crippen MR) is 80.6 cm³/mol. The maximum atomic E-state index is 11.4. The van der Waals surface area contributed by atoms with Gasteiger partial charge in [0.05, 0.1) is 10.6 Å². The summed E-state index contributed by atoms with van der Waals surface area (Å²) in [4.78, 5) is 2.37. The number of nitrogens with one attached hydrogen (secondary N) is 1. The smallest absolute Gasteiger partial charge is 0.296 e. The Morgan fingerprint density at radius 2 is 1.87 bits per heavy atom. The van der Waals surface area contributed by atoms with Crippen LogP contribution in [0.3, 0.4) is 0 Å². The number of nitrogens with two attached hydrogens (primary N) is 1. The summed E-state index contributed by atoms with van der Waals surface area (Å²) in [6.07, 6.45) is 0. The van der Waals surface area contributed by atoms with Gasteiger partial charge in [-0.2, -0.15) is 21.3 Å². The summed E-state index contributed by atoms with van der Waals surface area (Å²) in [5.41, 5.74) is 7.99. The zero-order valence-electron chi connectivity index (χ0n) is 11.3. The SMILES string of the molecule is NC1=NCN(Cl)CN1Nc1ccc(S(=O)(=O)O)cc1S(=O)(=O)O. The lowest BCUT2D eigenvalue weighted by Crippen LogP contribution is -2.49. The highest BCUT2D eigenvalue weighted by molar-refractivity contribution is 7.86. The summed E-state index contributed by atoms with van der Waals surface area (Å²) in [6, 6.07) is 2.58. The third kappa shape index (κ3) is 4.21. The fourth-order valence-electron chi connectivity index (χ4n) is 1.71. The molecule has 0 unspecified atom stereocenters. The van der Waals surface area contributed by atoms with Crippen LogP contribution in [-0.4, -0.2) is 54.7 Å². The topological polar surface area (TPSA) is 166 Å². The Morgan fingerprint density at radius 3 is 2.43 bits per heavy atom. The molecule has 0 spiro atoms. The normalized spacial score (nSPS) is 17.0. The van der Waals surface area contributed by atoms with Gasteiger partial charge in [0.1, 0.15) is 18.2 Å². The summed E-state index contributed by atoms with van der Waals surface area (Å²) in [5, 5.41) is 1.17. The Kier molecular flexibility index (Phi) is 4.70. The van der Waals surface area contributed by atoms with Crippen molar-refractivity contribution in [2.75, 3.05) is 18.8 Å². The van der Waals surface area contributed by atoms with Gasteiger partial charge in [-0.25, -0.2) is 10.0 Å². The van der Waals surface area contributed by atoms with Gasteiger partial charge in [0.25, 0.3) is 20.2 Å². The number of halogens is 1. The molecule has 1 aromatic carbocycles. The first kappa shape index (κ1) is 17.7. The van der Waals surface area contributed by atoms with E-state index in [0.29, 0.717) is 6.07 Å². The van der Waals surface area contributed by atoms with Gasteiger partial charge in [0.15, 0.2) is 0 Å². The number of nitrogens with zero attached hydrogens (tertiary/aromatic N) is 3. The van der Waals surface area contributed by atoms with Crippen LogP contribution in [-0.2, 0) is 20.2 Å². The fourth-order valence-corrected chi connectivity index (χ4v) is 3.12. The molecule has 0 fully saturated rings. The van der Waals surface area contributed by atoms with Crippen LogP contribution in [0.4, 0.5) is 5.69 Å². The number of benzene rings is 1. The second-order valence-corrected chi connectivity index (χ2v) is 7.70. The molecule has 0 aromatic heterocycles. The number of rotatable bonds is 4. The highest BCUT2D eigenvalue weighted by atomic mass is 35.5. The first-order valence-corrected chi connectivity index (χ1v) is 9.04. The standard InChI is InChI=1S/C9H12ClN5O6S2/c10-14-4-12-9(11)15(5-14)13-7-2-1-6(22(16,17)18)3-8(7)23(19,20)21/h1-3,13H,4-5H2,(H2,11,12)(H,16,17,18)(H,19,20,21). The lowest BCUT2D eigenvalue weighted by Gasteiger charge is -2.31. The highest BCUT2D eigenvalue weighted by Crippen LogP contribution is 2.25. The molecule has 0 saturated heterocycles. The number of hydrazine groups is 1. The van der Waals surface area contributed by atoms with Gasteiger partial charge >= 0.3 is 0 Å². The molecule has 1 aliphatic rings. The minimum atomic E-state index is -4.79. The quantitative estimate of drug-likeness (QED) is 0.392. The van der Waals surface area contributed by atoms with Crippen LogP contribution in [0.5, 0.6) is 0 Å². The van der Waals surface area contributed by atoms with Crippen LogP contribution < -0.4 is 11.2 Å². The second-order valence-electron chi connectivity index (χ2n) is 4.41. The predicted octanol–water partition coefficient (Wildman–Crippen LogP) is -0.492. The molecule has 0 radical (unpaired) electrons. The minimum Gasteiger partial charge on any atom is -0.368 e. The molecular formula is C9H12ClN5O6S2. The van der Waals surface area contributed by atoms with E-state index in [9.17, 15) is 21.4 Å². The zero-order valence-corrected chi connectivity index (χ0v) is 13.7. The summed E-state index contributed by atoms with van der Waals surface area (Å²) < 4.78 is 64.5. The summed E-state index contributed by atoms with van der Waals surface area (Å²) in [5.74, 6) is 0.00189. The van der Waals surface area contributed by atoms with E-state index in [-0.39, 0.29) is 25.0 Å². The molecule has 0 aliphatic carbocycles. The van der Waals surface area contributed by atoms with E-state index in [1.807, 2.05) is 0 Å². The molecule has 11 nitrogen and oxygen atoms in total. The Morgan fingerprint density at radius 1 is 1.22 bits per heavy atom. The summed E-state index contributed by atoms with van der Waals surface area (Å²) in [7, 11) is -9.44. The first-order valence-electron chi connectivity index (χ1n) is 5.82. The minimum absolute atomic E-state index is 0.00189. The number of hydrogen-bond acceptors (Lipinski definition) is 9. The van der Waals surface area contributed by atoms with Crippen molar-refractivity contribution < 1.29 is 25.9 Å². The molecule has 1 aliphatic heterocycles. The fraction of sp³-hybridized carbons (Fsp3) is 0.222. The molecule has 5 N–H and O–H groups in total. The van der Waals surface area contributed by atoms with E-state index < -0.39 is 30.0 Å². The molecule has 1 heterocycles. The van der Waals surface area contributed by atoms with Crippen molar-refractivity contribution in [2.45, 2.75) is 9.79 Å². The molecule has 0 bridgehead atoms. The number of hydrogen-bond donors (Lipinski definition) is 4. The second kappa shape index (κ2) is 6.10. The van der Waals surface area contributed by atoms with Gasteiger partial charge in [-0.05, 0) is 30.0 Å². The largest absolute Gasteiger partial charge is 0.368 e. The number of aliphatic imine (C=N–C) groups is 1. The third-order valence-corrected chi connectivity index (χ3v) is 4.70. The Labute approximate surface area is 136 Å². The maximum Gasteiger partial charge on any atom is 0.296 e. The van der Waals surface area contributed by atoms with Gasteiger partial charge in [0, 0.05) is 0 Å². The highest BCUT2D eigenvalue weighted by Gasteiger charge is 2.24. The van der Waals surface area contributed by atoms with E-state index in [0.717, 1.165) is 12.1 Å². The number of anilines is 1. The van der Waals surface area contributed by atoms with Crippen molar-refractivity contribution in [2.24, 2.45) is 10.7 Å². The molecule has 128 valence electrons. The van der Waals surface area contributed by atoms with Gasteiger partial charge in [-0.1, -0.05) is 0 Å². The lowest BCUT2D eigenvalue weighted by atomic mass is 10.3. The van der Waals surface area contributed by atoms with E-state index in [4.69, 9.17) is 22.1 Å². The van der Waals surface area contributed by atoms with Crippen molar-refractivity contribution in [1.29, 1.82) is 0 Å². The van der Waals surface area contributed by atoms with Crippen molar-refractivity contribution in [3.63, 3.8) is 0 Å². The van der Waals surface area contributed by atoms with Crippen LogP contribution in [0, 0.1) is 0 Å². The van der Waals surface area contributed by atoms with Gasteiger partial charge in [0.2, 0.25) is 5.96 Å². The van der Waals surface area contributed by atoms with E-state index in [2.05, 4.69) is 10.4 Å². The van der Waals surface area contributed by atoms with Gasteiger partial charge < -0.3 is 5.73 Å². The van der Waals surface area contributed by atoms with Crippen LogP contribution >= 0.6 is 11.8 Å². The molecule has 0 saturated carbocycles. The van der Waals surface area contributed by atoms with Crippen LogP contribution in [0.15, 0.2) is 33.0 Å². The van der Waals surface area contributed by atoms with Crippen molar-refractivity contribution in [1.82, 2.24) is 9.43 Å². The Balaban J connectivity index is 2.47. The molecule has 0 atom stereocenters. The summed E-state index contributed by atoms with van der Waals surface area (Å²) in [6.45, 7) is 0.153. The Bertz CT molecular complexity index is 855. The van der Waals surface area contributed by atoms with Crippen molar-refractivity contribution in [3.8, 4) is 0 Å². The molecule has 1 aromatic rings. The van der Waals surface area contributed by atoms with E-state index in [1.54, 1.807) is 0 Å². The monoisotopic (exact) mass is 385 g/mol. The number of guanidine groups is 1. The molecule has 23 heavy (non-hydrogen) atoms. The van der Waals surface area contributed by atoms with Crippen LogP contribution in [0.1, 0.15) is 0 Å². The van der Waals surface area contributed by atoms with Crippen molar-refractivity contribution in [3.05, 3.63) is 18.2 Å². The molecule has 0 amide bonds. The maximum absolute atomic E-state index is 11.4. The van der Waals surface area contributed by atoms with Gasteiger partial charge in [-0.3, -0.25) is 14.5 Å². The zero-order chi connectivity index (χ0) is 17.4. The van der Waals surface area contributed by atoms with Crippen LogP contribution in [0.25, 0.3) is 0 Å². The van der Waals surface area contributed by atoms with Crippen LogP contribution in [0.2, 0.25) is 0 Å². The summed E-state index contributed by atoms with van der Waals surface area (Å²) >= 11 is 5.77. The molecule has 2 rings (SSSR count). The molecular weight excluding hydrogens is 374 g/mol. The van der Waals surface area contributed by atoms with Gasteiger partial charge in [-0.15, -0.1) is 0 Å². The average molecular weight is 386 g/mol. The van der Waals surface area contributed by atoms with E-state index >= 15 is 0 Å². The average Bonchev–Trinajstić information content (AvgIpc) is 2.41. The van der Waals surface area contributed by atoms with E-state index in [1.165, 1.54) is 9.43 Å². The lowest BCUT2D eigenvalue weighted by molar-refractivity contribution is 0.299. The molecule has 14 heteroatoms. The van der Waals surface area contributed by atoms with Crippen molar-refractivity contribution >= 4 is 43.7 Å². The third-order valence-electron chi connectivity index (χ3n) is 2.74. The first-order chi connectivity index (χ1) is 10.5. The Hall–Kier alpha value is -1.64.